The predicted molar refractivity (Wildman–Crippen MR) is 60.0 cm³/mol. The quantitative estimate of drug-likeness (QED) is 0.886. The molecule has 5 heteroatoms. The van der Waals surface area contributed by atoms with E-state index in [4.69, 9.17) is 21.4 Å². The lowest BCUT2D eigenvalue weighted by atomic mass is 10.2. The van der Waals surface area contributed by atoms with E-state index in [0.29, 0.717) is 17.1 Å². The molecule has 2 rings (SSSR count). The zero-order chi connectivity index (χ0) is 11.4. The summed E-state index contributed by atoms with van der Waals surface area (Å²) < 4.78 is 4.70. The monoisotopic (exact) mass is 233 g/mol. The van der Waals surface area contributed by atoms with Crippen LogP contribution in [-0.2, 0) is 6.54 Å². The standard InChI is InChI=1S/C11H8ClN3O/c12-11-3-10(2-1-9(11)4-13)14-5-8-6-15-16-7-8/h1-3,6-7,14H,5H2. The largest absolute Gasteiger partial charge is 0.381 e. The first kappa shape index (κ1) is 10.5. The first-order valence-electron chi connectivity index (χ1n) is 4.61. The van der Waals surface area contributed by atoms with Gasteiger partial charge in [-0.25, -0.2) is 0 Å². The van der Waals surface area contributed by atoms with Gasteiger partial charge in [0.05, 0.1) is 16.8 Å². The number of hydrogen-bond acceptors (Lipinski definition) is 4. The Hall–Kier alpha value is -1.99. The summed E-state index contributed by atoms with van der Waals surface area (Å²) in [6.45, 7) is 0.603. The van der Waals surface area contributed by atoms with Crippen LogP contribution >= 0.6 is 11.6 Å². The molecule has 0 amide bonds. The van der Waals surface area contributed by atoms with Gasteiger partial charge in [0.2, 0.25) is 0 Å². The van der Waals surface area contributed by atoms with Crippen molar-refractivity contribution in [2.24, 2.45) is 0 Å². The van der Waals surface area contributed by atoms with Crippen LogP contribution in [-0.4, -0.2) is 5.16 Å². The van der Waals surface area contributed by atoms with Crippen LogP contribution in [0.1, 0.15) is 11.1 Å². The smallest absolute Gasteiger partial charge is 0.128 e. The summed E-state index contributed by atoms with van der Waals surface area (Å²) in [6.07, 6.45) is 3.20. The lowest BCUT2D eigenvalue weighted by Gasteiger charge is -2.05. The highest BCUT2D eigenvalue weighted by molar-refractivity contribution is 6.32. The van der Waals surface area contributed by atoms with Crippen LogP contribution in [0.5, 0.6) is 0 Å². The Bertz CT molecular complexity index is 517. The van der Waals surface area contributed by atoms with Crippen LogP contribution < -0.4 is 5.32 Å². The van der Waals surface area contributed by atoms with Crippen LogP contribution in [0.4, 0.5) is 5.69 Å². The van der Waals surface area contributed by atoms with Crippen molar-refractivity contribution in [1.29, 1.82) is 5.26 Å². The second-order valence-corrected chi connectivity index (χ2v) is 3.60. The van der Waals surface area contributed by atoms with Crippen molar-refractivity contribution < 1.29 is 4.52 Å². The molecule has 0 bridgehead atoms. The summed E-state index contributed by atoms with van der Waals surface area (Å²) in [4.78, 5) is 0. The number of nitrogens with zero attached hydrogens (tertiary/aromatic N) is 2. The summed E-state index contributed by atoms with van der Waals surface area (Å²) >= 11 is 5.90. The molecule has 1 heterocycles. The first-order chi connectivity index (χ1) is 7.79. The van der Waals surface area contributed by atoms with Gasteiger partial charge in [-0.05, 0) is 18.2 Å². The highest BCUT2D eigenvalue weighted by atomic mass is 35.5. The zero-order valence-electron chi connectivity index (χ0n) is 8.27. The Morgan fingerprint density at radius 2 is 2.38 bits per heavy atom. The average Bonchev–Trinajstić information content (AvgIpc) is 2.79. The lowest BCUT2D eigenvalue weighted by Crippen LogP contribution is -1.98. The summed E-state index contributed by atoms with van der Waals surface area (Å²) in [7, 11) is 0. The van der Waals surface area contributed by atoms with Gasteiger partial charge >= 0.3 is 0 Å². The Labute approximate surface area is 97.4 Å². The van der Waals surface area contributed by atoms with Crippen LogP contribution in [0.3, 0.4) is 0 Å². The molecule has 0 aliphatic heterocycles. The molecule has 0 spiro atoms. The molecule has 0 fully saturated rings. The van der Waals surface area contributed by atoms with Crippen molar-refractivity contribution in [2.45, 2.75) is 6.54 Å². The highest BCUT2D eigenvalue weighted by Crippen LogP contribution is 2.20. The van der Waals surface area contributed by atoms with E-state index in [1.54, 1.807) is 30.7 Å². The normalized spacial score (nSPS) is 9.75. The third-order valence-electron chi connectivity index (χ3n) is 2.07. The van der Waals surface area contributed by atoms with Gasteiger partial charge in [0.1, 0.15) is 12.3 Å². The van der Waals surface area contributed by atoms with E-state index in [9.17, 15) is 0 Å². The number of rotatable bonds is 3. The average molecular weight is 234 g/mol. The molecule has 1 aromatic carbocycles. The van der Waals surface area contributed by atoms with Crippen LogP contribution in [0.15, 0.2) is 35.2 Å². The minimum atomic E-state index is 0.442. The van der Waals surface area contributed by atoms with Crippen molar-refractivity contribution >= 4 is 17.3 Å². The minimum Gasteiger partial charge on any atom is -0.381 e. The van der Waals surface area contributed by atoms with E-state index in [2.05, 4.69) is 10.5 Å². The molecule has 16 heavy (non-hydrogen) atoms. The predicted octanol–water partition coefficient (Wildman–Crippen LogP) is 2.81. The molecule has 0 radical (unpaired) electrons. The molecule has 0 aliphatic rings. The SMILES string of the molecule is N#Cc1ccc(NCc2cnoc2)cc1Cl. The Balaban J connectivity index is 2.06. The van der Waals surface area contributed by atoms with Crippen molar-refractivity contribution in [3.05, 3.63) is 46.8 Å². The van der Waals surface area contributed by atoms with Crippen LogP contribution in [0, 0.1) is 11.3 Å². The van der Waals surface area contributed by atoms with Gasteiger partial charge in [0.25, 0.3) is 0 Å². The van der Waals surface area contributed by atoms with Gasteiger partial charge in [-0.1, -0.05) is 16.8 Å². The summed E-state index contributed by atoms with van der Waals surface area (Å²) in [5, 5.41) is 15.9. The Morgan fingerprint density at radius 3 is 3.00 bits per heavy atom. The maximum atomic E-state index is 8.71. The molecule has 2 aromatic rings. The highest BCUT2D eigenvalue weighted by Gasteiger charge is 2.01. The second-order valence-electron chi connectivity index (χ2n) is 3.19. The molecule has 80 valence electrons. The van der Waals surface area contributed by atoms with Crippen molar-refractivity contribution in [2.75, 3.05) is 5.32 Å². The number of nitrogens with one attached hydrogen (secondary N) is 1. The molecule has 1 N–H and O–H groups in total. The van der Waals surface area contributed by atoms with E-state index in [1.807, 2.05) is 6.07 Å². The molecule has 0 unspecified atom stereocenters. The maximum Gasteiger partial charge on any atom is 0.128 e. The van der Waals surface area contributed by atoms with Gasteiger partial charge in [-0.3, -0.25) is 0 Å². The van der Waals surface area contributed by atoms with Gasteiger partial charge in [-0.15, -0.1) is 0 Å². The topological polar surface area (TPSA) is 61.9 Å². The van der Waals surface area contributed by atoms with E-state index in [1.165, 1.54) is 0 Å². The molecule has 1 aromatic heterocycles. The van der Waals surface area contributed by atoms with Crippen LogP contribution in [0.25, 0.3) is 0 Å². The molecule has 4 nitrogen and oxygen atoms in total. The van der Waals surface area contributed by atoms with E-state index in [-0.39, 0.29) is 0 Å². The van der Waals surface area contributed by atoms with E-state index < -0.39 is 0 Å². The van der Waals surface area contributed by atoms with Crippen molar-refractivity contribution in [1.82, 2.24) is 5.16 Å². The fraction of sp³-hybridized carbons (Fsp3) is 0.0909. The number of aromatic nitrogens is 1. The molecule has 0 saturated carbocycles. The second kappa shape index (κ2) is 4.69. The Kier molecular flexibility index (Phi) is 3.08. The van der Waals surface area contributed by atoms with Gasteiger partial charge < -0.3 is 9.84 Å². The summed E-state index contributed by atoms with van der Waals surface area (Å²) in [6, 6.07) is 7.21. The number of nitriles is 1. The Morgan fingerprint density at radius 1 is 1.50 bits per heavy atom. The molecular formula is C11H8ClN3O. The van der Waals surface area contributed by atoms with Gasteiger partial charge in [0.15, 0.2) is 0 Å². The zero-order valence-corrected chi connectivity index (χ0v) is 9.03. The third-order valence-corrected chi connectivity index (χ3v) is 2.38. The summed E-state index contributed by atoms with van der Waals surface area (Å²) in [5.74, 6) is 0. The molecular weight excluding hydrogens is 226 g/mol. The fourth-order valence-electron chi connectivity index (χ4n) is 1.23. The van der Waals surface area contributed by atoms with Gasteiger partial charge in [0, 0.05) is 17.8 Å². The first-order valence-corrected chi connectivity index (χ1v) is 4.99. The number of hydrogen-bond donors (Lipinski definition) is 1. The van der Waals surface area contributed by atoms with Gasteiger partial charge in [-0.2, -0.15) is 5.26 Å². The van der Waals surface area contributed by atoms with E-state index >= 15 is 0 Å². The summed E-state index contributed by atoms with van der Waals surface area (Å²) in [5.41, 5.74) is 2.27. The molecule has 0 aliphatic carbocycles. The maximum absolute atomic E-state index is 8.71. The fourth-order valence-corrected chi connectivity index (χ4v) is 1.46. The van der Waals surface area contributed by atoms with Crippen molar-refractivity contribution in [3.8, 4) is 6.07 Å². The number of anilines is 1. The third kappa shape index (κ3) is 2.33. The van der Waals surface area contributed by atoms with E-state index in [0.717, 1.165) is 11.3 Å². The lowest BCUT2D eigenvalue weighted by molar-refractivity contribution is 0.419. The minimum absolute atomic E-state index is 0.442. The number of halogens is 1. The van der Waals surface area contributed by atoms with Crippen LogP contribution in [0.2, 0.25) is 5.02 Å². The molecule has 0 saturated heterocycles. The van der Waals surface area contributed by atoms with Crippen molar-refractivity contribution in [3.63, 3.8) is 0 Å². The molecule has 0 atom stereocenters. The number of benzene rings is 1.